The lowest BCUT2D eigenvalue weighted by Gasteiger charge is -2.16. The predicted molar refractivity (Wildman–Crippen MR) is 77.4 cm³/mol. The Hall–Kier alpha value is -2.30. The van der Waals surface area contributed by atoms with E-state index >= 15 is 0 Å². The molecule has 0 radical (unpaired) electrons. The second-order valence-corrected chi connectivity index (χ2v) is 5.10. The fraction of sp³-hybridized carbons (Fsp3) is 0.333. The molecule has 0 aliphatic heterocycles. The Labute approximate surface area is 117 Å². The molecule has 0 saturated heterocycles. The quantitative estimate of drug-likeness (QED) is 0.832. The van der Waals surface area contributed by atoms with Gasteiger partial charge >= 0.3 is 0 Å². The van der Waals surface area contributed by atoms with Crippen LogP contribution in [-0.2, 0) is 4.79 Å². The molecule has 1 fully saturated rings. The van der Waals surface area contributed by atoms with Gasteiger partial charge in [0.2, 0.25) is 0 Å². The highest BCUT2D eigenvalue weighted by Crippen LogP contribution is 2.29. The van der Waals surface area contributed by atoms with Crippen LogP contribution in [0.1, 0.15) is 19.8 Å². The lowest BCUT2D eigenvalue weighted by atomic mass is 10.1. The van der Waals surface area contributed by atoms with Gasteiger partial charge in [0, 0.05) is 23.3 Å². The minimum absolute atomic E-state index is 0.0894. The molecular weight excluding hydrogens is 254 g/mol. The van der Waals surface area contributed by atoms with Crippen LogP contribution in [0.5, 0.6) is 5.75 Å². The molecule has 2 aromatic rings. The summed E-state index contributed by atoms with van der Waals surface area (Å²) in [5, 5.41) is 3.76. The van der Waals surface area contributed by atoms with Crippen LogP contribution < -0.4 is 15.8 Å². The number of pyridine rings is 1. The number of nitrogens with two attached hydrogens (primary N) is 1. The van der Waals surface area contributed by atoms with Gasteiger partial charge in [-0.1, -0.05) is 0 Å². The van der Waals surface area contributed by atoms with E-state index in [-0.39, 0.29) is 5.91 Å². The lowest BCUT2D eigenvalue weighted by Crippen LogP contribution is -2.37. The molecule has 104 valence electrons. The number of rotatable bonds is 4. The fourth-order valence-corrected chi connectivity index (χ4v) is 2.05. The predicted octanol–water partition coefficient (Wildman–Crippen LogP) is 1.86. The number of hydrogen-bond acceptors (Lipinski definition) is 4. The van der Waals surface area contributed by atoms with Gasteiger partial charge in [0.15, 0.2) is 6.10 Å². The van der Waals surface area contributed by atoms with Crippen molar-refractivity contribution in [3.05, 3.63) is 30.5 Å². The monoisotopic (exact) mass is 271 g/mol. The van der Waals surface area contributed by atoms with Gasteiger partial charge in [-0.2, -0.15) is 0 Å². The average Bonchev–Trinajstić information content (AvgIpc) is 3.26. The van der Waals surface area contributed by atoms with Gasteiger partial charge in [0.25, 0.3) is 5.91 Å². The zero-order valence-electron chi connectivity index (χ0n) is 11.3. The zero-order valence-corrected chi connectivity index (χ0v) is 11.3. The topological polar surface area (TPSA) is 77.2 Å². The lowest BCUT2D eigenvalue weighted by molar-refractivity contribution is -0.127. The van der Waals surface area contributed by atoms with Crippen molar-refractivity contribution in [3.63, 3.8) is 0 Å². The first-order chi connectivity index (χ1) is 9.65. The molecule has 1 aliphatic rings. The summed E-state index contributed by atoms with van der Waals surface area (Å²) >= 11 is 0. The van der Waals surface area contributed by atoms with Crippen LogP contribution in [-0.4, -0.2) is 23.0 Å². The molecule has 0 bridgehead atoms. The Morgan fingerprint density at radius 2 is 2.25 bits per heavy atom. The molecule has 1 aromatic heterocycles. The van der Waals surface area contributed by atoms with Crippen molar-refractivity contribution < 1.29 is 9.53 Å². The van der Waals surface area contributed by atoms with Crippen LogP contribution in [0, 0.1) is 0 Å². The Balaban J connectivity index is 1.83. The van der Waals surface area contributed by atoms with E-state index in [0.717, 1.165) is 18.2 Å². The summed E-state index contributed by atoms with van der Waals surface area (Å²) in [6, 6.07) is 7.57. The molecule has 1 atom stereocenters. The molecule has 20 heavy (non-hydrogen) atoms. The minimum atomic E-state index is -0.551. The highest BCUT2D eigenvalue weighted by atomic mass is 16.5. The Morgan fingerprint density at radius 3 is 3.00 bits per heavy atom. The van der Waals surface area contributed by atoms with E-state index in [1.165, 1.54) is 0 Å². The van der Waals surface area contributed by atoms with Gasteiger partial charge in [0.1, 0.15) is 11.3 Å². The molecular formula is C15H17N3O2. The molecule has 3 N–H and O–H groups in total. The fourth-order valence-electron chi connectivity index (χ4n) is 2.05. The van der Waals surface area contributed by atoms with E-state index in [9.17, 15) is 4.79 Å². The number of carbonyl (C=O) groups is 1. The third-order valence-electron chi connectivity index (χ3n) is 3.36. The molecule has 5 heteroatoms. The van der Waals surface area contributed by atoms with Crippen LogP contribution in [0.25, 0.3) is 10.9 Å². The standard InChI is InChI=1S/C15H17N3O2/c1-9(15(19)18-10-4-5-10)20-13-7-6-12(16)11-3-2-8-17-14(11)13/h2-3,6-10H,4-5,16H2,1H3,(H,18,19). The summed E-state index contributed by atoms with van der Waals surface area (Å²) in [6.07, 6.45) is 3.25. The Kier molecular flexibility index (Phi) is 3.18. The number of anilines is 1. The third-order valence-corrected chi connectivity index (χ3v) is 3.36. The SMILES string of the molecule is CC(Oc1ccc(N)c2cccnc12)C(=O)NC1CC1. The first-order valence-electron chi connectivity index (χ1n) is 6.75. The van der Waals surface area contributed by atoms with Crippen molar-refractivity contribution in [1.82, 2.24) is 10.3 Å². The molecule has 1 aromatic carbocycles. The van der Waals surface area contributed by atoms with Crippen molar-refractivity contribution in [2.45, 2.75) is 31.9 Å². The molecule has 1 heterocycles. The molecule has 3 rings (SSSR count). The van der Waals surface area contributed by atoms with E-state index in [2.05, 4.69) is 10.3 Å². The number of amides is 1. The minimum Gasteiger partial charge on any atom is -0.479 e. The van der Waals surface area contributed by atoms with E-state index in [1.807, 2.05) is 12.1 Å². The summed E-state index contributed by atoms with van der Waals surface area (Å²) < 4.78 is 5.74. The van der Waals surface area contributed by atoms with Crippen molar-refractivity contribution >= 4 is 22.5 Å². The molecule has 5 nitrogen and oxygen atoms in total. The van der Waals surface area contributed by atoms with Gasteiger partial charge in [-0.05, 0) is 44.0 Å². The second kappa shape index (κ2) is 5.00. The van der Waals surface area contributed by atoms with Gasteiger partial charge in [-0.15, -0.1) is 0 Å². The highest BCUT2D eigenvalue weighted by molar-refractivity contribution is 5.94. The maximum Gasteiger partial charge on any atom is 0.260 e. The number of aromatic nitrogens is 1. The van der Waals surface area contributed by atoms with Crippen molar-refractivity contribution in [3.8, 4) is 5.75 Å². The van der Waals surface area contributed by atoms with Crippen LogP contribution >= 0.6 is 0 Å². The van der Waals surface area contributed by atoms with Gasteiger partial charge in [-0.25, -0.2) is 0 Å². The van der Waals surface area contributed by atoms with Crippen molar-refractivity contribution in [2.24, 2.45) is 0 Å². The van der Waals surface area contributed by atoms with E-state index < -0.39 is 6.10 Å². The summed E-state index contributed by atoms with van der Waals surface area (Å²) in [5.41, 5.74) is 7.24. The van der Waals surface area contributed by atoms with Crippen LogP contribution in [0.4, 0.5) is 5.69 Å². The zero-order chi connectivity index (χ0) is 14.1. The smallest absolute Gasteiger partial charge is 0.260 e. The van der Waals surface area contributed by atoms with E-state index in [1.54, 1.807) is 25.3 Å². The molecule has 1 amide bonds. The maximum atomic E-state index is 11.9. The highest BCUT2D eigenvalue weighted by Gasteiger charge is 2.26. The average molecular weight is 271 g/mol. The van der Waals surface area contributed by atoms with Crippen molar-refractivity contribution in [1.29, 1.82) is 0 Å². The molecule has 1 saturated carbocycles. The van der Waals surface area contributed by atoms with E-state index in [4.69, 9.17) is 10.5 Å². The number of benzene rings is 1. The van der Waals surface area contributed by atoms with Gasteiger partial charge in [-0.3, -0.25) is 9.78 Å². The second-order valence-electron chi connectivity index (χ2n) is 5.10. The maximum absolute atomic E-state index is 11.9. The first-order valence-corrected chi connectivity index (χ1v) is 6.75. The van der Waals surface area contributed by atoms with Gasteiger partial charge in [0.05, 0.1) is 0 Å². The largest absolute Gasteiger partial charge is 0.479 e. The Bertz CT molecular complexity index is 653. The number of nitrogens with one attached hydrogen (secondary N) is 1. The Morgan fingerprint density at radius 1 is 1.45 bits per heavy atom. The van der Waals surface area contributed by atoms with Crippen LogP contribution in [0.2, 0.25) is 0 Å². The number of hydrogen-bond donors (Lipinski definition) is 2. The van der Waals surface area contributed by atoms with Crippen molar-refractivity contribution in [2.75, 3.05) is 5.73 Å². The molecule has 0 spiro atoms. The van der Waals surface area contributed by atoms with Crippen LogP contribution in [0.3, 0.4) is 0 Å². The number of nitrogen functional groups attached to an aromatic ring is 1. The summed E-state index contributed by atoms with van der Waals surface area (Å²) in [5.74, 6) is 0.488. The number of fused-ring (bicyclic) bond motifs is 1. The van der Waals surface area contributed by atoms with E-state index in [0.29, 0.717) is 23.0 Å². The molecule has 1 aliphatic carbocycles. The summed E-state index contributed by atoms with van der Waals surface area (Å²) in [6.45, 7) is 1.74. The number of ether oxygens (including phenoxy) is 1. The first kappa shape index (κ1) is 12.7. The van der Waals surface area contributed by atoms with Gasteiger partial charge < -0.3 is 15.8 Å². The number of nitrogens with zero attached hydrogens (tertiary/aromatic N) is 1. The summed E-state index contributed by atoms with van der Waals surface area (Å²) in [7, 11) is 0. The normalized spacial score (nSPS) is 15.8. The van der Waals surface area contributed by atoms with Crippen LogP contribution in [0.15, 0.2) is 30.5 Å². The molecule has 1 unspecified atom stereocenters. The third kappa shape index (κ3) is 2.52. The summed E-state index contributed by atoms with van der Waals surface area (Å²) in [4.78, 5) is 16.2. The number of carbonyl (C=O) groups excluding carboxylic acids is 1.